The molecule has 0 aromatic heterocycles. The highest BCUT2D eigenvalue weighted by Gasteiger charge is 2.30. The number of benzene rings is 4. The van der Waals surface area contributed by atoms with Crippen LogP contribution in [0.2, 0.25) is 0 Å². The van der Waals surface area contributed by atoms with Gasteiger partial charge in [-0.1, -0.05) is 36.4 Å². The number of rotatable bonds is 4. The second kappa shape index (κ2) is 11.2. The summed E-state index contributed by atoms with van der Waals surface area (Å²) in [4.78, 5) is 33.4. The molecule has 0 radical (unpaired) electrons. The maximum Gasteiger partial charge on any atom is 0.343 e. The van der Waals surface area contributed by atoms with Gasteiger partial charge in [0.25, 0.3) is 7.37 Å². The van der Waals surface area contributed by atoms with E-state index in [9.17, 15) is 18.9 Å². The zero-order valence-corrected chi connectivity index (χ0v) is 21.4. The van der Waals surface area contributed by atoms with Crippen LogP contribution < -0.4 is 19.3 Å². The quantitative estimate of drug-likeness (QED) is 0.200. The van der Waals surface area contributed by atoms with Crippen molar-refractivity contribution in [2.45, 2.75) is 6.92 Å². The standard InChI is InChI=1S/C16H12O6.C13H11O2P/c1-10(17)21-13-6-8-14(9-7-13)22-16(20)12-4-2-11(3-5-12)15(18)19;1-16(14)13-9-5-3-7-11(13)10-6-2-4-8-12(10)15-16/h2-9H,1H3,(H,18,19);2-9H,1H3. The minimum atomic E-state index is -2.71. The molecule has 192 valence electrons. The predicted molar refractivity (Wildman–Crippen MR) is 142 cm³/mol. The van der Waals surface area contributed by atoms with E-state index >= 15 is 0 Å². The summed E-state index contributed by atoms with van der Waals surface area (Å²) in [7, 11) is -2.71. The molecule has 0 saturated carbocycles. The molecule has 0 aliphatic carbocycles. The SMILES string of the molecule is CC(=O)Oc1ccc(OC(=O)c2ccc(C(=O)O)cc2)cc1.CP1(=O)Oc2ccccc2-c2ccccc21. The third-order valence-corrected chi connectivity index (χ3v) is 7.27. The van der Waals surface area contributed by atoms with Gasteiger partial charge < -0.3 is 19.1 Å². The molecule has 1 heterocycles. The fraction of sp³-hybridized carbons (Fsp3) is 0.0690. The van der Waals surface area contributed by atoms with Crippen LogP contribution in [-0.2, 0) is 9.36 Å². The zero-order valence-electron chi connectivity index (χ0n) is 20.5. The number of fused-ring (bicyclic) bond motifs is 3. The van der Waals surface area contributed by atoms with E-state index in [1.165, 1.54) is 55.5 Å². The average Bonchev–Trinajstić information content (AvgIpc) is 2.90. The number of carbonyl (C=O) groups is 3. The smallest absolute Gasteiger partial charge is 0.343 e. The summed E-state index contributed by atoms with van der Waals surface area (Å²) in [5.41, 5.74) is 2.36. The van der Waals surface area contributed by atoms with E-state index < -0.39 is 25.3 Å². The van der Waals surface area contributed by atoms with E-state index in [0.29, 0.717) is 11.5 Å². The Labute approximate surface area is 218 Å². The molecular formula is C29H23O8P. The van der Waals surface area contributed by atoms with Gasteiger partial charge in [-0.05, 0) is 66.2 Å². The Morgan fingerprint density at radius 3 is 1.84 bits per heavy atom. The lowest BCUT2D eigenvalue weighted by atomic mass is 10.0. The number of carbonyl (C=O) groups excluding carboxylic acids is 2. The Bertz CT molecular complexity index is 1540. The van der Waals surface area contributed by atoms with Gasteiger partial charge in [0, 0.05) is 19.2 Å². The van der Waals surface area contributed by atoms with Crippen molar-refractivity contribution in [3.8, 4) is 28.4 Å². The van der Waals surface area contributed by atoms with Crippen LogP contribution in [0.25, 0.3) is 11.1 Å². The molecule has 4 aromatic carbocycles. The average molecular weight is 530 g/mol. The maximum absolute atomic E-state index is 12.4. The van der Waals surface area contributed by atoms with E-state index in [4.69, 9.17) is 19.1 Å². The number of aromatic carboxylic acids is 1. The second-order valence-electron chi connectivity index (χ2n) is 8.29. The van der Waals surface area contributed by atoms with Crippen molar-refractivity contribution in [1.82, 2.24) is 0 Å². The Hall–Kier alpha value is -4.68. The summed E-state index contributed by atoms with van der Waals surface area (Å²) in [5, 5.41) is 9.60. The highest BCUT2D eigenvalue weighted by molar-refractivity contribution is 7.67. The van der Waals surface area contributed by atoms with Crippen LogP contribution >= 0.6 is 7.37 Å². The Balaban J connectivity index is 0.000000185. The van der Waals surface area contributed by atoms with E-state index in [2.05, 4.69) is 0 Å². The van der Waals surface area contributed by atoms with Crippen LogP contribution in [0, 0.1) is 0 Å². The molecule has 1 N–H and O–H groups in total. The van der Waals surface area contributed by atoms with Gasteiger partial charge in [0.1, 0.15) is 17.2 Å². The number of hydrogen-bond acceptors (Lipinski definition) is 7. The summed E-state index contributed by atoms with van der Waals surface area (Å²) >= 11 is 0. The fourth-order valence-corrected chi connectivity index (χ4v) is 5.34. The highest BCUT2D eigenvalue weighted by atomic mass is 31.2. The minimum absolute atomic E-state index is 0.0854. The van der Waals surface area contributed by atoms with Crippen LogP contribution in [0.1, 0.15) is 27.6 Å². The fourth-order valence-electron chi connectivity index (χ4n) is 3.72. The molecule has 0 saturated heterocycles. The van der Waals surface area contributed by atoms with Crippen molar-refractivity contribution in [3.05, 3.63) is 108 Å². The molecule has 0 spiro atoms. The minimum Gasteiger partial charge on any atom is -0.478 e. The zero-order chi connectivity index (χ0) is 27.3. The summed E-state index contributed by atoms with van der Waals surface area (Å²) in [6.07, 6.45) is 0. The van der Waals surface area contributed by atoms with Crippen LogP contribution in [-0.4, -0.2) is 29.7 Å². The van der Waals surface area contributed by atoms with Crippen molar-refractivity contribution in [2.75, 3.05) is 6.66 Å². The molecule has 5 rings (SSSR count). The first kappa shape index (κ1) is 26.4. The lowest BCUT2D eigenvalue weighted by Crippen LogP contribution is -2.16. The maximum atomic E-state index is 12.4. The lowest BCUT2D eigenvalue weighted by Gasteiger charge is -2.25. The van der Waals surface area contributed by atoms with Gasteiger partial charge in [-0.15, -0.1) is 0 Å². The Kier molecular flexibility index (Phi) is 7.74. The summed E-state index contributed by atoms with van der Waals surface area (Å²) in [6.45, 7) is 2.95. The molecule has 1 aliphatic heterocycles. The van der Waals surface area contributed by atoms with Gasteiger partial charge in [0.15, 0.2) is 0 Å². The van der Waals surface area contributed by atoms with Gasteiger partial charge in [0.05, 0.1) is 16.4 Å². The van der Waals surface area contributed by atoms with Crippen molar-refractivity contribution in [3.63, 3.8) is 0 Å². The molecule has 1 aliphatic rings. The van der Waals surface area contributed by atoms with Crippen molar-refractivity contribution < 1.29 is 38.1 Å². The van der Waals surface area contributed by atoms with Gasteiger partial charge in [-0.25, -0.2) is 9.59 Å². The highest BCUT2D eigenvalue weighted by Crippen LogP contribution is 2.51. The number of carboxylic acid groups (broad SMARTS) is 1. The first-order valence-corrected chi connectivity index (χ1v) is 13.5. The number of esters is 2. The normalized spacial score (nSPS) is 14.9. The molecule has 38 heavy (non-hydrogen) atoms. The topological polar surface area (TPSA) is 116 Å². The van der Waals surface area contributed by atoms with E-state index in [1.54, 1.807) is 6.66 Å². The van der Waals surface area contributed by atoms with Crippen molar-refractivity contribution >= 4 is 30.6 Å². The molecule has 4 aromatic rings. The van der Waals surface area contributed by atoms with Gasteiger partial charge >= 0.3 is 17.9 Å². The van der Waals surface area contributed by atoms with Crippen molar-refractivity contribution in [1.29, 1.82) is 0 Å². The van der Waals surface area contributed by atoms with Gasteiger partial charge in [-0.3, -0.25) is 9.36 Å². The number of ether oxygens (including phenoxy) is 2. The van der Waals surface area contributed by atoms with Gasteiger partial charge in [0.2, 0.25) is 0 Å². The van der Waals surface area contributed by atoms with Crippen LogP contribution in [0.5, 0.6) is 17.2 Å². The van der Waals surface area contributed by atoms with E-state index in [1.807, 2.05) is 48.5 Å². The Morgan fingerprint density at radius 1 is 0.711 bits per heavy atom. The van der Waals surface area contributed by atoms with Crippen molar-refractivity contribution in [2.24, 2.45) is 0 Å². The molecule has 0 amide bonds. The molecule has 0 fully saturated rings. The molecule has 8 nitrogen and oxygen atoms in total. The van der Waals surface area contributed by atoms with Crippen LogP contribution in [0.3, 0.4) is 0 Å². The number of hydrogen-bond donors (Lipinski definition) is 1. The monoisotopic (exact) mass is 530 g/mol. The lowest BCUT2D eigenvalue weighted by molar-refractivity contribution is -0.131. The third kappa shape index (κ3) is 6.17. The number of carboxylic acids is 1. The molecule has 9 heteroatoms. The van der Waals surface area contributed by atoms with E-state index in [0.717, 1.165) is 16.4 Å². The first-order chi connectivity index (χ1) is 18.1. The van der Waals surface area contributed by atoms with Gasteiger partial charge in [-0.2, -0.15) is 0 Å². The van der Waals surface area contributed by atoms with Crippen LogP contribution in [0.4, 0.5) is 0 Å². The molecular weight excluding hydrogens is 507 g/mol. The molecule has 1 unspecified atom stereocenters. The summed E-state index contributed by atoms with van der Waals surface area (Å²) in [5.74, 6) is -0.783. The van der Waals surface area contributed by atoms with E-state index in [-0.39, 0.29) is 16.9 Å². The Morgan fingerprint density at radius 2 is 1.24 bits per heavy atom. The molecule has 0 bridgehead atoms. The first-order valence-electron chi connectivity index (χ1n) is 11.4. The largest absolute Gasteiger partial charge is 0.478 e. The molecule has 1 atom stereocenters. The summed E-state index contributed by atoms with van der Waals surface area (Å²) in [6, 6.07) is 26.8. The number of para-hydroxylation sites is 1. The van der Waals surface area contributed by atoms with Crippen LogP contribution in [0.15, 0.2) is 97.1 Å². The predicted octanol–water partition coefficient (Wildman–Crippen LogP) is 5.81. The summed E-state index contributed by atoms with van der Waals surface area (Å²) < 4.78 is 28.0. The second-order valence-corrected chi connectivity index (χ2v) is 10.6. The third-order valence-electron chi connectivity index (χ3n) is 5.45.